The summed E-state index contributed by atoms with van der Waals surface area (Å²) in [4.78, 5) is 1.64. The zero-order chi connectivity index (χ0) is 18.9. The average molecular weight is 393 g/mol. The third kappa shape index (κ3) is 6.40. The van der Waals surface area contributed by atoms with Gasteiger partial charge in [-0.3, -0.25) is 0 Å². The molecule has 1 fully saturated rings. The van der Waals surface area contributed by atoms with Crippen LogP contribution in [0, 0.1) is 0 Å². The number of hydrogen-bond acceptors (Lipinski definition) is 3. The molecule has 3 rings (SSSR count). The fourth-order valence-corrected chi connectivity index (χ4v) is 3.31. The molecule has 6 heteroatoms. The Morgan fingerprint density at radius 3 is 2.52 bits per heavy atom. The Morgan fingerprint density at radius 2 is 1.78 bits per heavy atom. The van der Waals surface area contributed by atoms with E-state index in [9.17, 15) is 0 Å². The van der Waals surface area contributed by atoms with Crippen LogP contribution in [0.4, 0.5) is 0 Å². The number of nitrogens with one attached hydrogen (secondary N) is 1. The van der Waals surface area contributed by atoms with E-state index in [2.05, 4.69) is 17.4 Å². The van der Waals surface area contributed by atoms with Crippen molar-refractivity contribution in [1.82, 2.24) is 0 Å². The van der Waals surface area contributed by atoms with Crippen LogP contribution in [0.2, 0.25) is 5.02 Å². The van der Waals surface area contributed by atoms with Gasteiger partial charge < -0.3 is 24.4 Å². The SMILES string of the molecule is COc1cc(C[NH2+]CC[NH+]2CCOCC2)ccc1OCc1ccc(Cl)cc1. The number of nitrogens with two attached hydrogens (primary N) is 1. The number of hydrogen-bond donors (Lipinski definition) is 2. The summed E-state index contributed by atoms with van der Waals surface area (Å²) in [6.07, 6.45) is 0. The molecular formula is C21H29ClN2O3+2. The van der Waals surface area contributed by atoms with Gasteiger partial charge in [-0.25, -0.2) is 0 Å². The predicted molar refractivity (Wildman–Crippen MR) is 106 cm³/mol. The molecule has 2 aromatic carbocycles. The van der Waals surface area contributed by atoms with E-state index in [1.807, 2.05) is 30.3 Å². The van der Waals surface area contributed by atoms with Gasteiger partial charge in [0.05, 0.1) is 20.3 Å². The van der Waals surface area contributed by atoms with Gasteiger partial charge in [-0.15, -0.1) is 0 Å². The molecule has 0 aliphatic carbocycles. The molecule has 0 saturated carbocycles. The van der Waals surface area contributed by atoms with Crippen LogP contribution >= 0.6 is 11.6 Å². The summed E-state index contributed by atoms with van der Waals surface area (Å²) in [6, 6.07) is 13.8. The Morgan fingerprint density at radius 1 is 1.04 bits per heavy atom. The highest BCUT2D eigenvalue weighted by Gasteiger charge is 2.14. The zero-order valence-corrected chi connectivity index (χ0v) is 16.6. The van der Waals surface area contributed by atoms with Gasteiger partial charge in [-0.1, -0.05) is 23.7 Å². The Balaban J connectivity index is 1.47. The largest absolute Gasteiger partial charge is 0.493 e. The minimum atomic E-state index is 0.487. The van der Waals surface area contributed by atoms with E-state index >= 15 is 0 Å². The van der Waals surface area contributed by atoms with Gasteiger partial charge in [-0.05, 0) is 35.9 Å². The highest BCUT2D eigenvalue weighted by atomic mass is 35.5. The minimum Gasteiger partial charge on any atom is -0.493 e. The molecule has 0 unspecified atom stereocenters. The molecule has 0 atom stereocenters. The van der Waals surface area contributed by atoms with Crippen molar-refractivity contribution in [3.8, 4) is 11.5 Å². The van der Waals surface area contributed by atoms with Crippen molar-refractivity contribution in [2.24, 2.45) is 0 Å². The molecule has 2 aromatic rings. The van der Waals surface area contributed by atoms with Gasteiger partial charge in [-0.2, -0.15) is 0 Å². The Hall–Kier alpha value is -1.79. The normalized spacial score (nSPS) is 14.9. The molecule has 0 bridgehead atoms. The van der Waals surface area contributed by atoms with Crippen LogP contribution in [0.3, 0.4) is 0 Å². The lowest BCUT2D eigenvalue weighted by atomic mass is 10.2. The van der Waals surface area contributed by atoms with Crippen molar-refractivity contribution in [2.45, 2.75) is 13.2 Å². The van der Waals surface area contributed by atoms with Gasteiger partial charge >= 0.3 is 0 Å². The molecule has 1 saturated heterocycles. The Bertz CT molecular complexity index is 703. The fourth-order valence-electron chi connectivity index (χ4n) is 3.18. The highest BCUT2D eigenvalue weighted by Crippen LogP contribution is 2.28. The van der Waals surface area contributed by atoms with Crippen molar-refractivity contribution >= 4 is 11.6 Å². The molecule has 0 radical (unpaired) electrons. The van der Waals surface area contributed by atoms with E-state index in [4.69, 9.17) is 25.8 Å². The van der Waals surface area contributed by atoms with E-state index in [-0.39, 0.29) is 0 Å². The number of quaternary nitrogens is 2. The summed E-state index contributed by atoms with van der Waals surface area (Å²) in [5, 5.41) is 3.08. The Labute approximate surface area is 166 Å². The number of benzene rings is 2. The molecule has 3 N–H and O–H groups in total. The summed E-state index contributed by atoms with van der Waals surface area (Å²) in [7, 11) is 1.68. The van der Waals surface area contributed by atoms with Crippen molar-refractivity contribution in [3.05, 3.63) is 58.6 Å². The maximum Gasteiger partial charge on any atom is 0.161 e. The zero-order valence-electron chi connectivity index (χ0n) is 15.9. The Kier molecular flexibility index (Phi) is 7.78. The summed E-state index contributed by atoms with van der Waals surface area (Å²) in [6.45, 7) is 7.77. The number of ether oxygens (including phenoxy) is 3. The van der Waals surface area contributed by atoms with Crippen LogP contribution in [0.5, 0.6) is 11.5 Å². The lowest BCUT2D eigenvalue weighted by Gasteiger charge is -2.22. The van der Waals surface area contributed by atoms with Crippen molar-refractivity contribution in [2.75, 3.05) is 46.5 Å². The molecule has 0 amide bonds. The summed E-state index contributed by atoms with van der Waals surface area (Å²) < 4.78 is 16.8. The molecule has 27 heavy (non-hydrogen) atoms. The summed E-state index contributed by atoms with van der Waals surface area (Å²) >= 11 is 5.92. The van der Waals surface area contributed by atoms with Gasteiger partial charge in [0.1, 0.15) is 39.3 Å². The lowest BCUT2D eigenvalue weighted by molar-refractivity contribution is -0.920. The first kappa shape index (κ1) is 20.0. The van der Waals surface area contributed by atoms with Crippen LogP contribution in [0.25, 0.3) is 0 Å². The van der Waals surface area contributed by atoms with Gasteiger partial charge in [0, 0.05) is 10.6 Å². The second-order valence-electron chi connectivity index (χ2n) is 6.79. The molecule has 0 aromatic heterocycles. The second-order valence-corrected chi connectivity index (χ2v) is 7.23. The van der Waals surface area contributed by atoms with E-state index < -0.39 is 0 Å². The second kappa shape index (κ2) is 10.5. The first-order chi connectivity index (χ1) is 13.2. The topological polar surface area (TPSA) is 48.7 Å². The number of halogens is 1. The first-order valence-corrected chi connectivity index (χ1v) is 9.89. The maximum atomic E-state index is 5.92. The van der Waals surface area contributed by atoms with E-state index in [0.29, 0.717) is 6.61 Å². The number of methoxy groups -OCH3 is 1. The van der Waals surface area contributed by atoms with E-state index in [1.165, 1.54) is 12.1 Å². The predicted octanol–water partition coefficient (Wildman–Crippen LogP) is 0.906. The monoisotopic (exact) mass is 392 g/mol. The molecule has 0 spiro atoms. The molecule has 5 nitrogen and oxygen atoms in total. The number of morpholine rings is 1. The van der Waals surface area contributed by atoms with E-state index in [0.717, 1.165) is 61.5 Å². The molecule has 1 aliphatic heterocycles. The fraction of sp³-hybridized carbons (Fsp3) is 0.429. The van der Waals surface area contributed by atoms with Crippen LogP contribution in [-0.2, 0) is 17.9 Å². The van der Waals surface area contributed by atoms with Crippen molar-refractivity contribution < 1.29 is 24.4 Å². The van der Waals surface area contributed by atoms with Gasteiger partial charge in [0.2, 0.25) is 0 Å². The van der Waals surface area contributed by atoms with Crippen molar-refractivity contribution in [1.29, 1.82) is 0 Å². The van der Waals surface area contributed by atoms with Gasteiger partial charge in [0.15, 0.2) is 11.5 Å². The highest BCUT2D eigenvalue weighted by molar-refractivity contribution is 6.30. The summed E-state index contributed by atoms with van der Waals surface area (Å²) in [5.74, 6) is 1.53. The van der Waals surface area contributed by atoms with Crippen LogP contribution < -0.4 is 19.7 Å². The van der Waals surface area contributed by atoms with E-state index in [1.54, 1.807) is 12.0 Å². The molecular weight excluding hydrogens is 364 g/mol. The molecule has 1 heterocycles. The minimum absolute atomic E-state index is 0.487. The first-order valence-electron chi connectivity index (χ1n) is 9.52. The maximum absolute atomic E-state index is 5.92. The number of rotatable bonds is 9. The smallest absolute Gasteiger partial charge is 0.161 e. The van der Waals surface area contributed by atoms with Crippen LogP contribution in [-0.4, -0.2) is 46.5 Å². The third-order valence-electron chi connectivity index (χ3n) is 4.82. The van der Waals surface area contributed by atoms with Crippen molar-refractivity contribution in [3.63, 3.8) is 0 Å². The third-order valence-corrected chi connectivity index (χ3v) is 5.07. The van der Waals surface area contributed by atoms with Crippen LogP contribution in [0.1, 0.15) is 11.1 Å². The average Bonchev–Trinajstić information content (AvgIpc) is 2.72. The standard InChI is InChI=1S/C21H27ClN2O3/c1-25-21-14-18(15-23-8-9-24-10-12-26-13-11-24)4-7-20(21)27-16-17-2-5-19(22)6-3-17/h2-7,14,23H,8-13,15-16H2,1H3/p+2. The lowest BCUT2D eigenvalue weighted by Crippen LogP contribution is -3.16. The quantitative estimate of drug-likeness (QED) is 0.623. The molecule has 1 aliphatic rings. The van der Waals surface area contributed by atoms with Crippen LogP contribution in [0.15, 0.2) is 42.5 Å². The van der Waals surface area contributed by atoms with Gasteiger partial charge in [0.25, 0.3) is 0 Å². The molecule has 146 valence electrons. The summed E-state index contributed by atoms with van der Waals surface area (Å²) in [5.41, 5.74) is 2.31.